The van der Waals surface area contributed by atoms with E-state index in [-0.39, 0.29) is 35.8 Å². The van der Waals surface area contributed by atoms with Crippen LogP contribution in [0.3, 0.4) is 0 Å². The van der Waals surface area contributed by atoms with Crippen molar-refractivity contribution >= 4 is 29.9 Å². The third-order valence-electron chi connectivity index (χ3n) is 6.66. The summed E-state index contributed by atoms with van der Waals surface area (Å²) in [6.45, 7) is 6.16. The molecule has 2 heterocycles. The molecule has 1 aliphatic carbocycles. The first-order chi connectivity index (χ1) is 13.7. The van der Waals surface area contributed by atoms with E-state index in [0.717, 1.165) is 69.3 Å². The molecule has 2 aliphatic heterocycles. The maximum atomic E-state index is 13.9. The lowest BCUT2D eigenvalue weighted by atomic mass is 9.82. The Kier molecular flexibility index (Phi) is 8.56. The number of morpholine rings is 1. The van der Waals surface area contributed by atoms with Crippen molar-refractivity contribution in [2.75, 3.05) is 53.0 Å². The van der Waals surface area contributed by atoms with E-state index in [1.807, 2.05) is 13.1 Å². The topological polar surface area (TPSA) is 40.1 Å². The highest BCUT2D eigenvalue weighted by molar-refractivity contribution is 14.0. The fourth-order valence-electron chi connectivity index (χ4n) is 5.16. The summed E-state index contributed by atoms with van der Waals surface area (Å²) in [6, 6.07) is 7.12. The third kappa shape index (κ3) is 5.61. The molecule has 3 fully saturated rings. The second-order valence-electron chi connectivity index (χ2n) is 8.36. The Morgan fingerprint density at radius 2 is 1.90 bits per heavy atom. The molecule has 1 saturated carbocycles. The number of benzene rings is 1. The van der Waals surface area contributed by atoms with E-state index in [4.69, 9.17) is 4.74 Å². The molecule has 162 valence electrons. The number of halogens is 2. The monoisotopic (exact) mass is 516 g/mol. The molecule has 0 radical (unpaired) electrons. The second kappa shape index (κ2) is 10.9. The second-order valence-corrected chi connectivity index (χ2v) is 8.36. The largest absolute Gasteiger partial charge is 0.379 e. The number of nitrogens with one attached hydrogen (secondary N) is 1. The summed E-state index contributed by atoms with van der Waals surface area (Å²) in [5.41, 5.74) is 1.01. The molecule has 0 aromatic heterocycles. The van der Waals surface area contributed by atoms with E-state index in [1.54, 1.807) is 12.1 Å². The van der Waals surface area contributed by atoms with Crippen molar-refractivity contribution in [2.24, 2.45) is 16.8 Å². The highest BCUT2D eigenvalue weighted by Gasteiger charge is 2.35. The Bertz CT molecular complexity index is 669. The zero-order valence-electron chi connectivity index (χ0n) is 17.4. The van der Waals surface area contributed by atoms with Gasteiger partial charge in [0.15, 0.2) is 5.96 Å². The van der Waals surface area contributed by atoms with E-state index in [2.05, 4.69) is 20.1 Å². The predicted octanol–water partition coefficient (Wildman–Crippen LogP) is 3.51. The van der Waals surface area contributed by atoms with Gasteiger partial charge < -0.3 is 15.0 Å². The van der Waals surface area contributed by atoms with Crippen LogP contribution in [0.5, 0.6) is 0 Å². The Labute approximate surface area is 191 Å². The average molecular weight is 516 g/mol. The SMILES string of the molecule is CN=C(NCC(c1cccc(F)c1)N1CCOCC1)N1CC2CCCCC2C1.I. The van der Waals surface area contributed by atoms with E-state index in [9.17, 15) is 4.39 Å². The zero-order chi connectivity index (χ0) is 19.3. The third-order valence-corrected chi connectivity index (χ3v) is 6.66. The van der Waals surface area contributed by atoms with Crippen LogP contribution in [0.2, 0.25) is 0 Å². The minimum Gasteiger partial charge on any atom is -0.379 e. The lowest BCUT2D eigenvalue weighted by molar-refractivity contribution is 0.0168. The number of guanidine groups is 1. The van der Waals surface area contributed by atoms with Gasteiger partial charge in [-0.3, -0.25) is 9.89 Å². The van der Waals surface area contributed by atoms with E-state index < -0.39 is 0 Å². The lowest BCUT2D eigenvalue weighted by Gasteiger charge is -2.35. The van der Waals surface area contributed by atoms with E-state index in [1.165, 1.54) is 31.7 Å². The fraction of sp³-hybridized carbons (Fsp3) is 0.682. The first-order valence-electron chi connectivity index (χ1n) is 10.8. The van der Waals surface area contributed by atoms with Gasteiger partial charge in [0, 0.05) is 39.8 Å². The molecule has 1 aromatic carbocycles. The summed E-state index contributed by atoms with van der Waals surface area (Å²) < 4.78 is 19.4. The van der Waals surface area contributed by atoms with Gasteiger partial charge in [-0.15, -0.1) is 24.0 Å². The summed E-state index contributed by atoms with van der Waals surface area (Å²) in [5.74, 6) is 2.46. The van der Waals surface area contributed by atoms with E-state index in [0.29, 0.717) is 0 Å². The van der Waals surface area contributed by atoms with Crippen LogP contribution < -0.4 is 5.32 Å². The Hall–Kier alpha value is -0.930. The van der Waals surface area contributed by atoms with Crippen LogP contribution in [-0.2, 0) is 4.74 Å². The van der Waals surface area contributed by atoms with Gasteiger partial charge in [0.2, 0.25) is 0 Å². The van der Waals surface area contributed by atoms with Crippen molar-refractivity contribution < 1.29 is 9.13 Å². The number of hydrogen-bond donors (Lipinski definition) is 1. The fourth-order valence-corrected chi connectivity index (χ4v) is 5.16. The van der Waals surface area contributed by atoms with Crippen molar-refractivity contribution in [1.29, 1.82) is 0 Å². The van der Waals surface area contributed by atoms with Gasteiger partial charge in [-0.25, -0.2) is 4.39 Å². The molecule has 1 N–H and O–H groups in total. The minimum absolute atomic E-state index is 0. The Morgan fingerprint density at radius 1 is 1.21 bits per heavy atom. The first-order valence-corrected chi connectivity index (χ1v) is 10.8. The molecular formula is C22H34FIN4O. The van der Waals surface area contributed by atoms with Crippen LogP contribution in [0.4, 0.5) is 4.39 Å². The number of fused-ring (bicyclic) bond motifs is 1. The summed E-state index contributed by atoms with van der Waals surface area (Å²) >= 11 is 0. The molecule has 5 nitrogen and oxygen atoms in total. The molecule has 0 amide bonds. The van der Waals surface area contributed by atoms with Gasteiger partial charge >= 0.3 is 0 Å². The number of likely N-dealkylation sites (tertiary alicyclic amines) is 1. The van der Waals surface area contributed by atoms with Crippen LogP contribution in [0.15, 0.2) is 29.3 Å². The van der Waals surface area contributed by atoms with Crippen molar-refractivity contribution in [3.05, 3.63) is 35.6 Å². The van der Waals surface area contributed by atoms with Crippen LogP contribution in [0.1, 0.15) is 37.3 Å². The molecular weight excluding hydrogens is 482 g/mol. The molecule has 3 aliphatic rings. The van der Waals surface area contributed by atoms with Crippen molar-refractivity contribution in [2.45, 2.75) is 31.7 Å². The van der Waals surface area contributed by atoms with Crippen LogP contribution in [-0.4, -0.2) is 68.7 Å². The van der Waals surface area contributed by atoms with Crippen LogP contribution >= 0.6 is 24.0 Å². The van der Waals surface area contributed by atoms with E-state index >= 15 is 0 Å². The van der Waals surface area contributed by atoms with Gasteiger partial charge in [-0.2, -0.15) is 0 Å². The number of ether oxygens (including phenoxy) is 1. The van der Waals surface area contributed by atoms with Gasteiger partial charge in [0.25, 0.3) is 0 Å². The Balaban J connectivity index is 0.00000240. The van der Waals surface area contributed by atoms with Crippen molar-refractivity contribution in [3.8, 4) is 0 Å². The maximum absolute atomic E-state index is 13.9. The number of aliphatic imine (C=N–C) groups is 1. The Morgan fingerprint density at radius 3 is 2.52 bits per heavy atom. The molecule has 1 aromatic rings. The maximum Gasteiger partial charge on any atom is 0.193 e. The average Bonchev–Trinajstić information content (AvgIpc) is 3.16. The van der Waals surface area contributed by atoms with Crippen LogP contribution in [0.25, 0.3) is 0 Å². The normalized spacial score (nSPS) is 26.6. The molecule has 2 saturated heterocycles. The number of rotatable bonds is 4. The summed E-state index contributed by atoms with van der Waals surface area (Å²) in [6.07, 6.45) is 5.47. The molecule has 3 atom stereocenters. The van der Waals surface area contributed by atoms with Crippen molar-refractivity contribution in [1.82, 2.24) is 15.1 Å². The summed E-state index contributed by atoms with van der Waals surface area (Å²) in [5, 5.41) is 3.61. The quantitative estimate of drug-likeness (QED) is 0.378. The molecule has 4 rings (SSSR count). The highest BCUT2D eigenvalue weighted by Crippen LogP contribution is 2.36. The molecule has 7 heteroatoms. The molecule has 0 spiro atoms. The number of hydrogen-bond acceptors (Lipinski definition) is 3. The minimum atomic E-state index is -0.177. The first kappa shape index (κ1) is 22.7. The molecule has 3 unspecified atom stereocenters. The van der Waals surface area contributed by atoms with Gasteiger partial charge in [0.05, 0.1) is 19.3 Å². The molecule has 29 heavy (non-hydrogen) atoms. The zero-order valence-corrected chi connectivity index (χ0v) is 19.7. The summed E-state index contributed by atoms with van der Waals surface area (Å²) in [7, 11) is 1.87. The molecule has 0 bridgehead atoms. The summed E-state index contributed by atoms with van der Waals surface area (Å²) in [4.78, 5) is 9.39. The smallest absolute Gasteiger partial charge is 0.193 e. The number of nitrogens with zero attached hydrogens (tertiary/aromatic N) is 3. The highest BCUT2D eigenvalue weighted by atomic mass is 127. The van der Waals surface area contributed by atoms with Gasteiger partial charge in [-0.05, 0) is 42.4 Å². The van der Waals surface area contributed by atoms with Gasteiger partial charge in [-0.1, -0.05) is 25.0 Å². The predicted molar refractivity (Wildman–Crippen MR) is 125 cm³/mol. The van der Waals surface area contributed by atoms with Crippen molar-refractivity contribution in [3.63, 3.8) is 0 Å². The lowest BCUT2D eigenvalue weighted by Crippen LogP contribution is -2.47. The van der Waals surface area contributed by atoms with Gasteiger partial charge in [0.1, 0.15) is 5.82 Å². The van der Waals surface area contributed by atoms with Crippen LogP contribution in [0, 0.1) is 17.7 Å². The standard InChI is InChI=1S/C22H33FN4O.HI/c1-24-22(27-15-18-5-2-3-6-19(18)16-27)25-14-21(26-9-11-28-12-10-26)17-7-4-8-20(23)13-17;/h4,7-8,13,18-19,21H,2-3,5-6,9-12,14-16H2,1H3,(H,24,25);1H.